The number of hydrogen-bond acceptors (Lipinski definition) is 3. The van der Waals surface area contributed by atoms with Gasteiger partial charge in [0.2, 0.25) is 0 Å². The Kier molecular flexibility index (Phi) is 4.32. The minimum absolute atomic E-state index is 0.532. The average Bonchev–Trinajstić information content (AvgIpc) is 3.36. The van der Waals surface area contributed by atoms with Gasteiger partial charge in [0, 0.05) is 23.3 Å². The van der Waals surface area contributed by atoms with Crippen LogP contribution in [0, 0.1) is 5.92 Å². The topological polar surface area (TPSA) is 59.4 Å². The summed E-state index contributed by atoms with van der Waals surface area (Å²) in [6, 6.07) is 2.57. The van der Waals surface area contributed by atoms with E-state index in [4.69, 9.17) is 5.10 Å². The van der Waals surface area contributed by atoms with Crippen molar-refractivity contribution in [2.75, 3.05) is 0 Å². The summed E-state index contributed by atoms with van der Waals surface area (Å²) in [5.74, 6) is 0.780. The normalized spacial score (nSPS) is 16.9. The zero-order valence-electron chi connectivity index (χ0n) is 14.3. The SMILES string of the molecule is CCCCC(C1CCCC1)n1cc(-c2ncnc3[nH]ccc23)cn1. The summed E-state index contributed by atoms with van der Waals surface area (Å²) < 4.78 is 2.21. The summed E-state index contributed by atoms with van der Waals surface area (Å²) >= 11 is 0. The summed E-state index contributed by atoms with van der Waals surface area (Å²) in [5.41, 5.74) is 2.93. The molecule has 1 aliphatic rings. The van der Waals surface area contributed by atoms with Gasteiger partial charge < -0.3 is 4.98 Å². The second kappa shape index (κ2) is 6.75. The maximum Gasteiger partial charge on any atom is 0.141 e. The fraction of sp³-hybridized carbons (Fsp3) is 0.526. The van der Waals surface area contributed by atoms with Crippen molar-refractivity contribution < 1.29 is 0 Å². The molecule has 0 amide bonds. The van der Waals surface area contributed by atoms with Crippen LogP contribution in [0.1, 0.15) is 57.9 Å². The van der Waals surface area contributed by atoms with Crippen molar-refractivity contribution in [1.29, 1.82) is 0 Å². The third kappa shape index (κ3) is 2.83. The van der Waals surface area contributed by atoms with Crippen molar-refractivity contribution in [3.63, 3.8) is 0 Å². The highest BCUT2D eigenvalue weighted by Gasteiger charge is 2.26. The minimum atomic E-state index is 0.532. The molecule has 0 radical (unpaired) electrons. The molecule has 3 aromatic heterocycles. The molecule has 0 saturated heterocycles. The predicted molar refractivity (Wildman–Crippen MR) is 95.6 cm³/mol. The van der Waals surface area contributed by atoms with E-state index in [2.05, 4.69) is 32.8 Å². The van der Waals surface area contributed by atoms with Crippen molar-refractivity contribution in [3.05, 3.63) is 31.0 Å². The van der Waals surface area contributed by atoms with E-state index in [9.17, 15) is 0 Å². The highest BCUT2D eigenvalue weighted by atomic mass is 15.3. The van der Waals surface area contributed by atoms with Crippen LogP contribution in [0.25, 0.3) is 22.3 Å². The smallest absolute Gasteiger partial charge is 0.141 e. The first-order chi connectivity index (χ1) is 11.9. The molecule has 0 spiro atoms. The summed E-state index contributed by atoms with van der Waals surface area (Å²) in [4.78, 5) is 11.9. The van der Waals surface area contributed by atoms with Gasteiger partial charge in [-0.05, 0) is 31.2 Å². The second-order valence-electron chi connectivity index (χ2n) is 6.93. The molecule has 1 saturated carbocycles. The lowest BCUT2D eigenvalue weighted by molar-refractivity contribution is 0.286. The van der Waals surface area contributed by atoms with Crippen molar-refractivity contribution in [2.24, 2.45) is 5.92 Å². The van der Waals surface area contributed by atoms with Crippen LogP contribution in [-0.4, -0.2) is 24.7 Å². The summed E-state index contributed by atoms with van der Waals surface area (Å²) in [6.07, 6.45) is 16.9. The van der Waals surface area contributed by atoms with Crippen LogP contribution in [0.5, 0.6) is 0 Å². The van der Waals surface area contributed by atoms with Crippen LogP contribution in [0.3, 0.4) is 0 Å². The predicted octanol–water partition coefficient (Wildman–Crippen LogP) is 4.74. The molecule has 1 fully saturated rings. The van der Waals surface area contributed by atoms with Gasteiger partial charge in [-0.2, -0.15) is 5.10 Å². The van der Waals surface area contributed by atoms with Crippen molar-refractivity contribution in [1.82, 2.24) is 24.7 Å². The fourth-order valence-electron chi connectivity index (χ4n) is 4.08. The lowest BCUT2D eigenvalue weighted by Gasteiger charge is -2.23. The minimum Gasteiger partial charge on any atom is -0.346 e. The Balaban J connectivity index is 1.66. The van der Waals surface area contributed by atoms with Crippen molar-refractivity contribution >= 4 is 11.0 Å². The first kappa shape index (κ1) is 15.4. The van der Waals surface area contributed by atoms with Gasteiger partial charge in [0.1, 0.15) is 12.0 Å². The molecule has 5 heteroatoms. The third-order valence-corrected chi connectivity index (χ3v) is 5.37. The summed E-state index contributed by atoms with van der Waals surface area (Å²) in [7, 11) is 0. The molecule has 0 aromatic carbocycles. The van der Waals surface area contributed by atoms with E-state index in [0.717, 1.165) is 28.2 Å². The Morgan fingerprint density at radius 3 is 3.00 bits per heavy atom. The van der Waals surface area contributed by atoms with Crippen LogP contribution in [0.4, 0.5) is 0 Å². The van der Waals surface area contributed by atoms with Gasteiger partial charge in [-0.1, -0.05) is 32.6 Å². The van der Waals surface area contributed by atoms with Crippen LogP contribution in [0.2, 0.25) is 0 Å². The zero-order valence-corrected chi connectivity index (χ0v) is 14.3. The van der Waals surface area contributed by atoms with E-state index in [-0.39, 0.29) is 0 Å². The van der Waals surface area contributed by atoms with E-state index >= 15 is 0 Å². The van der Waals surface area contributed by atoms with E-state index in [0.29, 0.717) is 6.04 Å². The summed E-state index contributed by atoms with van der Waals surface area (Å²) in [5, 5.41) is 5.79. The van der Waals surface area contributed by atoms with Gasteiger partial charge in [0.05, 0.1) is 17.9 Å². The molecule has 5 nitrogen and oxygen atoms in total. The Morgan fingerprint density at radius 2 is 2.17 bits per heavy atom. The Hall–Kier alpha value is -2.17. The molecule has 1 N–H and O–H groups in total. The Morgan fingerprint density at radius 1 is 1.29 bits per heavy atom. The number of nitrogens with one attached hydrogen (secondary N) is 1. The number of aromatic nitrogens is 5. The van der Waals surface area contributed by atoms with Gasteiger partial charge in [-0.15, -0.1) is 0 Å². The van der Waals surface area contributed by atoms with Gasteiger partial charge in [-0.25, -0.2) is 9.97 Å². The molecule has 1 aliphatic carbocycles. The largest absolute Gasteiger partial charge is 0.346 e. The molecule has 3 heterocycles. The third-order valence-electron chi connectivity index (χ3n) is 5.37. The lowest BCUT2D eigenvalue weighted by atomic mass is 9.94. The highest BCUT2D eigenvalue weighted by molar-refractivity contribution is 5.89. The second-order valence-corrected chi connectivity index (χ2v) is 6.93. The van der Waals surface area contributed by atoms with Crippen molar-refractivity contribution in [3.8, 4) is 11.3 Å². The Bertz CT molecular complexity index is 797. The molecular formula is C19H25N5. The number of H-pyrrole nitrogens is 1. The first-order valence-corrected chi connectivity index (χ1v) is 9.19. The van der Waals surface area contributed by atoms with E-state index in [1.165, 1.54) is 44.9 Å². The van der Waals surface area contributed by atoms with Gasteiger partial charge in [0.15, 0.2) is 0 Å². The fourth-order valence-corrected chi connectivity index (χ4v) is 4.08. The number of aromatic amines is 1. The lowest BCUT2D eigenvalue weighted by Crippen LogP contribution is -2.18. The summed E-state index contributed by atoms with van der Waals surface area (Å²) in [6.45, 7) is 2.27. The molecule has 4 rings (SSSR count). The maximum atomic E-state index is 4.73. The molecule has 1 unspecified atom stereocenters. The molecule has 1 atom stereocenters. The molecular weight excluding hydrogens is 298 g/mol. The molecule has 24 heavy (non-hydrogen) atoms. The van der Waals surface area contributed by atoms with Crippen LogP contribution in [-0.2, 0) is 0 Å². The van der Waals surface area contributed by atoms with E-state index in [1.54, 1.807) is 6.33 Å². The standard InChI is InChI=1S/C19H25N5/c1-2-3-8-17(14-6-4-5-7-14)24-12-15(11-23-24)18-16-9-10-20-19(16)22-13-21-18/h9-14,17H,2-8H2,1H3,(H,20,21,22). The molecule has 0 aliphatic heterocycles. The van der Waals surface area contributed by atoms with Crippen LogP contribution in [0.15, 0.2) is 31.0 Å². The van der Waals surface area contributed by atoms with E-state index in [1.807, 2.05) is 18.5 Å². The number of fused-ring (bicyclic) bond motifs is 1. The van der Waals surface area contributed by atoms with Gasteiger partial charge >= 0.3 is 0 Å². The quantitative estimate of drug-likeness (QED) is 0.712. The zero-order chi connectivity index (χ0) is 16.4. The van der Waals surface area contributed by atoms with Gasteiger partial charge in [0.25, 0.3) is 0 Å². The number of rotatable bonds is 6. The Labute approximate surface area is 142 Å². The van der Waals surface area contributed by atoms with Crippen LogP contribution < -0.4 is 0 Å². The van der Waals surface area contributed by atoms with Crippen LogP contribution >= 0.6 is 0 Å². The number of nitrogens with zero attached hydrogens (tertiary/aromatic N) is 4. The number of unbranched alkanes of at least 4 members (excludes halogenated alkanes) is 1. The molecule has 126 valence electrons. The molecule has 3 aromatic rings. The maximum absolute atomic E-state index is 4.73. The van der Waals surface area contributed by atoms with E-state index < -0.39 is 0 Å². The van der Waals surface area contributed by atoms with Crippen molar-refractivity contribution in [2.45, 2.75) is 57.9 Å². The highest BCUT2D eigenvalue weighted by Crippen LogP contribution is 2.37. The monoisotopic (exact) mass is 323 g/mol. The average molecular weight is 323 g/mol. The van der Waals surface area contributed by atoms with Gasteiger partial charge in [-0.3, -0.25) is 4.68 Å². The first-order valence-electron chi connectivity index (χ1n) is 9.19. The number of hydrogen-bond donors (Lipinski definition) is 1. The molecule has 0 bridgehead atoms.